The summed E-state index contributed by atoms with van der Waals surface area (Å²) >= 11 is 7.23. The van der Waals surface area contributed by atoms with Crippen LogP contribution >= 0.6 is 22.9 Å². The maximum absolute atomic E-state index is 10.8. The van der Waals surface area contributed by atoms with Gasteiger partial charge in [-0.3, -0.25) is 0 Å². The van der Waals surface area contributed by atoms with E-state index < -0.39 is 5.97 Å². The molecule has 0 amide bonds. The third-order valence-corrected chi connectivity index (χ3v) is 3.07. The van der Waals surface area contributed by atoms with Crippen molar-refractivity contribution in [3.8, 4) is 10.7 Å². The molecule has 0 aliphatic carbocycles. The highest BCUT2D eigenvalue weighted by Crippen LogP contribution is 2.25. The maximum atomic E-state index is 10.8. The fourth-order valence-electron chi connectivity index (χ4n) is 1.19. The fraction of sp³-hybridized carbons (Fsp3) is 0.100. The van der Waals surface area contributed by atoms with Gasteiger partial charge in [-0.2, -0.15) is 0 Å². The SMILES string of the molecule is Cc1ccc(-c2nc(Cl)cc(C(=O)O)n2)s1. The highest BCUT2D eigenvalue weighted by atomic mass is 35.5. The van der Waals surface area contributed by atoms with E-state index in [1.807, 2.05) is 19.1 Å². The average Bonchev–Trinajstić information content (AvgIpc) is 2.64. The molecule has 2 rings (SSSR count). The lowest BCUT2D eigenvalue weighted by Gasteiger charge is -1.99. The second-order valence-electron chi connectivity index (χ2n) is 3.11. The van der Waals surface area contributed by atoms with E-state index in [1.165, 1.54) is 17.4 Å². The van der Waals surface area contributed by atoms with Gasteiger partial charge in [0.05, 0.1) is 4.88 Å². The van der Waals surface area contributed by atoms with Crippen LogP contribution in [0.2, 0.25) is 5.15 Å². The number of nitrogens with zero attached hydrogens (tertiary/aromatic N) is 2. The summed E-state index contributed by atoms with van der Waals surface area (Å²) in [6.45, 7) is 1.96. The van der Waals surface area contributed by atoms with Crippen molar-refractivity contribution in [3.63, 3.8) is 0 Å². The van der Waals surface area contributed by atoms with Gasteiger partial charge in [-0.25, -0.2) is 14.8 Å². The van der Waals surface area contributed by atoms with Crippen molar-refractivity contribution < 1.29 is 9.90 Å². The van der Waals surface area contributed by atoms with Crippen LogP contribution in [0.4, 0.5) is 0 Å². The fourth-order valence-corrected chi connectivity index (χ4v) is 2.18. The average molecular weight is 255 g/mol. The monoisotopic (exact) mass is 254 g/mol. The molecule has 4 nitrogen and oxygen atoms in total. The minimum atomic E-state index is -1.11. The van der Waals surface area contributed by atoms with Crippen LogP contribution in [0.1, 0.15) is 15.4 Å². The van der Waals surface area contributed by atoms with Crippen molar-refractivity contribution >= 4 is 28.9 Å². The van der Waals surface area contributed by atoms with Crippen LogP contribution < -0.4 is 0 Å². The van der Waals surface area contributed by atoms with Gasteiger partial charge in [-0.15, -0.1) is 11.3 Å². The third-order valence-electron chi connectivity index (χ3n) is 1.87. The van der Waals surface area contributed by atoms with Crippen LogP contribution in [0.5, 0.6) is 0 Å². The van der Waals surface area contributed by atoms with Gasteiger partial charge in [0.1, 0.15) is 5.15 Å². The van der Waals surface area contributed by atoms with Crippen molar-refractivity contribution in [2.75, 3.05) is 0 Å². The first-order chi connectivity index (χ1) is 7.56. The van der Waals surface area contributed by atoms with Gasteiger partial charge in [0.15, 0.2) is 11.5 Å². The van der Waals surface area contributed by atoms with Crippen LogP contribution in [0.15, 0.2) is 18.2 Å². The number of carboxylic acid groups (broad SMARTS) is 1. The summed E-state index contributed by atoms with van der Waals surface area (Å²) in [4.78, 5) is 20.6. The van der Waals surface area contributed by atoms with E-state index in [1.54, 1.807) is 0 Å². The molecule has 2 aromatic rings. The van der Waals surface area contributed by atoms with Gasteiger partial charge < -0.3 is 5.11 Å². The van der Waals surface area contributed by atoms with E-state index in [4.69, 9.17) is 16.7 Å². The first-order valence-corrected chi connectivity index (χ1v) is 5.60. The number of thiophene rings is 1. The predicted molar refractivity (Wildman–Crippen MR) is 62.1 cm³/mol. The van der Waals surface area contributed by atoms with Crippen LogP contribution in [0.3, 0.4) is 0 Å². The molecule has 0 aliphatic heterocycles. The number of halogens is 1. The van der Waals surface area contributed by atoms with E-state index in [2.05, 4.69) is 9.97 Å². The lowest BCUT2D eigenvalue weighted by molar-refractivity contribution is 0.0690. The number of carbonyl (C=O) groups is 1. The summed E-state index contributed by atoms with van der Waals surface area (Å²) in [5.41, 5.74) is -0.0962. The molecule has 0 radical (unpaired) electrons. The van der Waals surface area contributed by atoms with Gasteiger partial charge in [0.2, 0.25) is 0 Å². The molecule has 0 bridgehead atoms. The lowest BCUT2D eigenvalue weighted by Crippen LogP contribution is -2.02. The van der Waals surface area contributed by atoms with Gasteiger partial charge >= 0.3 is 5.97 Å². The molecule has 0 atom stereocenters. The topological polar surface area (TPSA) is 63.1 Å². The zero-order valence-electron chi connectivity index (χ0n) is 8.27. The Balaban J connectivity index is 2.53. The molecule has 16 heavy (non-hydrogen) atoms. The standard InChI is InChI=1S/C10H7ClN2O2S/c1-5-2-3-7(16-5)9-12-6(10(14)15)4-8(11)13-9/h2-4H,1H3,(H,14,15). The minimum absolute atomic E-state index is 0.0962. The molecular formula is C10H7ClN2O2S. The van der Waals surface area contributed by atoms with E-state index in [0.29, 0.717) is 5.82 Å². The maximum Gasteiger partial charge on any atom is 0.354 e. The first-order valence-electron chi connectivity index (χ1n) is 4.41. The molecule has 2 heterocycles. The summed E-state index contributed by atoms with van der Waals surface area (Å²) in [6, 6.07) is 5.00. The summed E-state index contributed by atoms with van der Waals surface area (Å²) in [6.07, 6.45) is 0. The molecule has 0 spiro atoms. The molecular weight excluding hydrogens is 248 g/mol. The molecule has 82 valence electrons. The summed E-state index contributed by atoms with van der Waals surface area (Å²) in [5, 5.41) is 8.97. The van der Waals surface area contributed by atoms with Gasteiger partial charge in [0, 0.05) is 10.9 Å². The summed E-state index contributed by atoms with van der Waals surface area (Å²) < 4.78 is 0. The van der Waals surface area contributed by atoms with Crippen LogP contribution in [-0.4, -0.2) is 21.0 Å². The van der Waals surface area contributed by atoms with Crippen molar-refractivity contribution in [1.82, 2.24) is 9.97 Å². The highest BCUT2D eigenvalue weighted by Gasteiger charge is 2.11. The van der Waals surface area contributed by atoms with E-state index in [-0.39, 0.29) is 10.8 Å². The first kappa shape index (κ1) is 11.0. The minimum Gasteiger partial charge on any atom is -0.477 e. The van der Waals surface area contributed by atoms with E-state index in [9.17, 15) is 4.79 Å². The molecule has 0 saturated heterocycles. The lowest BCUT2D eigenvalue weighted by atomic mass is 10.3. The number of hydrogen-bond donors (Lipinski definition) is 1. The van der Waals surface area contributed by atoms with E-state index >= 15 is 0 Å². The Bertz CT molecular complexity index is 554. The number of aryl methyl sites for hydroxylation is 1. The molecule has 0 aliphatic rings. The second kappa shape index (κ2) is 4.19. The van der Waals surface area contributed by atoms with Gasteiger partial charge in [-0.1, -0.05) is 11.6 Å². The Morgan fingerprint density at radius 2 is 2.19 bits per heavy atom. The van der Waals surface area contributed by atoms with Crippen LogP contribution in [0, 0.1) is 6.92 Å². The number of rotatable bonds is 2. The number of aromatic carboxylic acids is 1. The van der Waals surface area contributed by atoms with E-state index in [0.717, 1.165) is 9.75 Å². The van der Waals surface area contributed by atoms with Crippen LogP contribution in [0.25, 0.3) is 10.7 Å². The van der Waals surface area contributed by atoms with Crippen molar-refractivity contribution in [1.29, 1.82) is 0 Å². The molecule has 1 N–H and O–H groups in total. The third kappa shape index (κ3) is 2.20. The summed E-state index contributed by atoms with van der Waals surface area (Å²) in [5.74, 6) is -0.762. The van der Waals surface area contributed by atoms with Crippen LogP contribution in [-0.2, 0) is 0 Å². The predicted octanol–water partition coefficient (Wildman–Crippen LogP) is 2.87. The Morgan fingerprint density at radius 1 is 1.44 bits per heavy atom. The number of hydrogen-bond acceptors (Lipinski definition) is 4. The Morgan fingerprint density at radius 3 is 2.75 bits per heavy atom. The highest BCUT2D eigenvalue weighted by molar-refractivity contribution is 7.15. The number of aromatic nitrogens is 2. The van der Waals surface area contributed by atoms with Gasteiger partial charge in [-0.05, 0) is 19.1 Å². The quantitative estimate of drug-likeness (QED) is 0.837. The van der Waals surface area contributed by atoms with Crippen molar-refractivity contribution in [2.45, 2.75) is 6.92 Å². The largest absolute Gasteiger partial charge is 0.477 e. The second-order valence-corrected chi connectivity index (χ2v) is 4.79. The molecule has 0 saturated carbocycles. The van der Waals surface area contributed by atoms with Crippen molar-refractivity contribution in [2.24, 2.45) is 0 Å². The molecule has 0 unspecified atom stereocenters. The zero-order valence-corrected chi connectivity index (χ0v) is 9.84. The number of carboxylic acids is 1. The molecule has 0 aromatic carbocycles. The van der Waals surface area contributed by atoms with Gasteiger partial charge in [0.25, 0.3) is 0 Å². The molecule has 0 fully saturated rings. The Labute approximate surface area is 101 Å². The molecule has 6 heteroatoms. The molecule has 2 aromatic heterocycles. The van der Waals surface area contributed by atoms with Crippen molar-refractivity contribution in [3.05, 3.63) is 33.9 Å². The Kier molecular flexibility index (Phi) is 2.89. The smallest absolute Gasteiger partial charge is 0.354 e. The summed E-state index contributed by atoms with van der Waals surface area (Å²) in [7, 11) is 0. The zero-order chi connectivity index (χ0) is 11.7. The Hall–Kier alpha value is -1.46. The normalized spacial score (nSPS) is 10.4.